The minimum atomic E-state index is 0.428. The molecule has 100 valence electrons. The van der Waals surface area contributed by atoms with Gasteiger partial charge in [0.15, 0.2) is 0 Å². The predicted octanol–water partition coefficient (Wildman–Crippen LogP) is 3.78. The van der Waals surface area contributed by atoms with Gasteiger partial charge in [0.25, 0.3) is 0 Å². The molecule has 2 nitrogen and oxygen atoms in total. The predicted molar refractivity (Wildman–Crippen MR) is 75.9 cm³/mol. The van der Waals surface area contributed by atoms with Gasteiger partial charge in [-0.1, -0.05) is 31.5 Å². The van der Waals surface area contributed by atoms with Crippen LogP contribution in [0.15, 0.2) is 24.3 Å². The lowest BCUT2D eigenvalue weighted by atomic mass is 9.90. The van der Waals surface area contributed by atoms with Crippen LogP contribution >= 0.6 is 0 Å². The zero-order chi connectivity index (χ0) is 13.0. The number of rotatable bonds is 5. The maximum Gasteiger partial charge on any atom is 0.124 e. The van der Waals surface area contributed by atoms with Gasteiger partial charge >= 0.3 is 0 Å². The molecule has 2 heteroatoms. The Morgan fingerprint density at radius 1 is 1.33 bits per heavy atom. The van der Waals surface area contributed by atoms with Crippen LogP contribution in [-0.2, 0) is 0 Å². The molecule has 1 saturated carbocycles. The molecule has 2 rings (SSSR count). The molecule has 1 aromatic carbocycles. The van der Waals surface area contributed by atoms with E-state index in [1.54, 1.807) is 0 Å². The number of hydrogen-bond donors (Lipinski definition) is 1. The zero-order valence-corrected chi connectivity index (χ0v) is 11.8. The van der Waals surface area contributed by atoms with Crippen LogP contribution in [0, 0.1) is 11.8 Å². The summed E-state index contributed by atoms with van der Waals surface area (Å²) in [4.78, 5) is 0. The Labute approximate surface area is 111 Å². The zero-order valence-electron chi connectivity index (χ0n) is 11.8. The summed E-state index contributed by atoms with van der Waals surface area (Å²) < 4.78 is 5.77. The average molecular weight is 247 g/mol. The Kier molecular flexibility index (Phi) is 4.65. The average Bonchev–Trinajstić information content (AvgIpc) is 2.79. The third-order valence-corrected chi connectivity index (χ3v) is 4.07. The van der Waals surface area contributed by atoms with Crippen LogP contribution < -0.4 is 10.1 Å². The van der Waals surface area contributed by atoms with Gasteiger partial charge in [-0.3, -0.25) is 0 Å². The first-order valence-electron chi connectivity index (χ1n) is 7.15. The van der Waals surface area contributed by atoms with Crippen molar-refractivity contribution >= 4 is 0 Å². The second-order valence-electron chi connectivity index (χ2n) is 5.42. The first-order valence-corrected chi connectivity index (χ1v) is 7.15. The molecule has 3 atom stereocenters. The van der Waals surface area contributed by atoms with Gasteiger partial charge in [0, 0.05) is 11.6 Å². The second-order valence-corrected chi connectivity index (χ2v) is 5.42. The lowest BCUT2D eigenvalue weighted by Crippen LogP contribution is -2.24. The van der Waals surface area contributed by atoms with Crippen molar-refractivity contribution < 1.29 is 4.74 Å². The van der Waals surface area contributed by atoms with Crippen LogP contribution in [0.3, 0.4) is 0 Å². The smallest absolute Gasteiger partial charge is 0.124 e. The Hall–Kier alpha value is -1.02. The summed E-state index contributed by atoms with van der Waals surface area (Å²) in [5.41, 5.74) is 1.32. The van der Waals surface area contributed by atoms with Crippen molar-refractivity contribution in [1.29, 1.82) is 0 Å². The molecule has 1 aliphatic rings. The minimum Gasteiger partial charge on any atom is -0.494 e. The lowest BCUT2D eigenvalue weighted by molar-refractivity contribution is 0.317. The quantitative estimate of drug-likeness (QED) is 0.855. The normalized spacial score (nSPS) is 25.1. The molecule has 0 saturated heterocycles. The Morgan fingerprint density at radius 3 is 2.72 bits per heavy atom. The van der Waals surface area contributed by atoms with Gasteiger partial charge in [-0.2, -0.15) is 0 Å². The SMILES string of the molecule is CCOc1ccccc1C(NC)C1CCC(C)C1. The van der Waals surface area contributed by atoms with E-state index in [1.165, 1.54) is 24.8 Å². The van der Waals surface area contributed by atoms with E-state index >= 15 is 0 Å². The number of nitrogens with one attached hydrogen (secondary N) is 1. The maximum absolute atomic E-state index is 5.77. The number of benzene rings is 1. The van der Waals surface area contributed by atoms with Crippen molar-refractivity contribution in [1.82, 2.24) is 5.32 Å². The highest BCUT2D eigenvalue weighted by atomic mass is 16.5. The van der Waals surface area contributed by atoms with Crippen molar-refractivity contribution in [2.24, 2.45) is 11.8 Å². The molecule has 0 aliphatic heterocycles. The Balaban J connectivity index is 2.21. The number of hydrogen-bond acceptors (Lipinski definition) is 2. The fourth-order valence-electron chi connectivity index (χ4n) is 3.22. The fourth-order valence-corrected chi connectivity index (χ4v) is 3.22. The van der Waals surface area contributed by atoms with E-state index in [-0.39, 0.29) is 0 Å². The van der Waals surface area contributed by atoms with E-state index in [9.17, 15) is 0 Å². The van der Waals surface area contributed by atoms with Gasteiger partial charge in [0.05, 0.1) is 6.61 Å². The summed E-state index contributed by atoms with van der Waals surface area (Å²) in [7, 11) is 2.07. The summed E-state index contributed by atoms with van der Waals surface area (Å²) in [6.07, 6.45) is 4.01. The molecule has 0 heterocycles. The van der Waals surface area contributed by atoms with E-state index in [4.69, 9.17) is 4.74 Å². The summed E-state index contributed by atoms with van der Waals surface area (Å²) in [6, 6.07) is 8.88. The molecule has 0 bridgehead atoms. The van der Waals surface area contributed by atoms with Crippen LogP contribution in [0.4, 0.5) is 0 Å². The highest BCUT2D eigenvalue weighted by molar-refractivity contribution is 5.36. The largest absolute Gasteiger partial charge is 0.494 e. The summed E-state index contributed by atoms with van der Waals surface area (Å²) >= 11 is 0. The highest BCUT2D eigenvalue weighted by Crippen LogP contribution is 2.41. The molecule has 0 aromatic heterocycles. The summed E-state index contributed by atoms with van der Waals surface area (Å²) in [5, 5.41) is 3.50. The third-order valence-electron chi connectivity index (χ3n) is 4.07. The van der Waals surface area contributed by atoms with Gasteiger partial charge in [-0.25, -0.2) is 0 Å². The van der Waals surface area contributed by atoms with Crippen LogP contribution in [0.5, 0.6) is 5.75 Å². The van der Waals surface area contributed by atoms with Crippen molar-refractivity contribution in [2.45, 2.75) is 39.2 Å². The Morgan fingerprint density at radius 2 is 2.11 bits per heavy atom. The fraction of sp³-hybridized carbons (Fsp3) is 0.625. The molecule has 0 amide bonds. The van der Waals surface area contributed by atoms with Crippen molar-refractivity contribution in [3.8, 4) is 5.75 Å². The lowest BCUT2D eigenvalue weighted by Gasteiger charge is -2.25. The molecule has 1 aromatic rings. The first-order chi connectivity index (χ1) is 8.76. The van der Waals surface area contributed by atoms with Crippen LogP contribution in [0.2, 0.25) is 0 Å². The van der Waals surface area contributed by atoms with Crippen LogP contribution in [0.1, 0.15) is 44.7 Å². The first kappa shape index (κ1) is 13.4. The number of ether oxygens (including phenoxy) is 1. The van der Waals surface area contributed by atoms with Gasteiger partial charge in [0.2, 0.25) is 0 Å². The molecule has 1 fully saturated rings. The van der Waals surface area contributed by atoms with Crippen LogP contribution in [-0.4, -0.2) is 13.7 Å². The van der Waals surface area contributed by atoms with Crippen molar-refractivity contribution in [3.63, 3.8) is 0 Å². The third kappa shape index (κ3) is 2.86. The molecular formula is C16H25NO. The molecule has 18 heavy (non-hydrogen) atoms. The van der Waals surface area contributed by atoms with E-state index in [1.807, 2.05) is 6.92 Å². The molecule has 1 N–H and O–H groups in total. The van der Waals surface area contributed by atoms with Gasteiger partial charge in [-0.05, 0) is 44.7 Å². The maximum atomic E-state index is 5.77. The molecule has 3 unspecified atom stereocenters. The monoisotopic (exact) mass is 247 g/mol. The standard InChI is InChI=1S/C16H25NO/c1-4-18-15-8-6-5-7-14(15)16(17-3)13-10-9-12(2)11-13/h5-8,12-13,16-17H,4,9-11H2,1-3H3. The highest BCUT2D eigenvalue weighted by Gasteiger charge is 2.30. The van der Waals surface area contributed by atoms with Gasteiger partial charge in [0.1, 0.15) is 5.75 Å². The number of para-hydroxylation sites is 1. The Bertz CT molecular complexity index is 377. The van der Waals surface area contributed by atoms with Crippen molar-refractivity contribution in [2.75, 3.05) is 13.7 Å². The van der Waals surface area contributed by atoms with Crippen molar-refractivity contribution in [3.05, 3.63) is 29.8 Å². The van der Waals surface area contributed by atoms with Gasteiger partial charge in [-0.15, -0.1) is 0 Å². The molecule has 0 radical (unpaired) electrons. The second kappa shape index (κ2) is 6.24. The topological polar surface area (TPSA) is 21.3 Å². The van der Waals surface area contributed by atoms with E-state index < -0.39 is 0 Å². The van der Waals surface area contributed by atoms with E-state index in [0.29, 0.717) is 6.04 Å². The van der Waals surface area contributed by atoms with E-state index in [0.717, 1.165) is 24.2 Å². The minimum absolute atomic E-state index is 0.428. The molecule has 0 spiro atoms. The van der Waals surface area contributed by atoms with Gasteiger partial charge < -0.3 is 10.1 Å². The molecular weight excluding hydrogens is 222 g/mol. The van der Waals surface area contributed by atoms with Crippen LogP contribution in [0.25, 0.3) is 0 Å². The summed E-state index contributed by atoms with van der Waals surface area (Å²) in [5.74, 6) is 2.65. The summed E-state index contributed by atoms with van der Waals surface area (Å²) in [6.45, 7) is 5.14. The molecule has 1 aliphatic carbocycles. The van der Waals surface area contributed by atoms with E-state index in [2.05, 4.69) is 43.6 Å².